The maximum Gasteiger partial charge on any atom is 0.303 e. The van der Waals surface area contributed by atoms with Gasteiger partial charge in [-0.05, 0) is 25.7 Å². The van der Waals surface area contributed by atoms with E-state index in [0.717, 1.165) is 25.7 Å². The molecule has 0 saturated heterocycles. The number of rotatable bonds is 13. The molecule has 0 fully saturated rings. The maximum atomic E-state index is 12.1. The van der Waals surface area contributed by atoms with Crippen molar-refractivity contribution in [3.8, 4) is 0 Å². The summed E-state index contributed by atoms with van der Waals surface area (Å²) in [4.78, 5) is 36.0. The van der Waals surface area contributed by atoms with Crippen molar-refractivity contribution >= 4 is 17.8 Å². The molecule has 0 aliphatic carbocycles. The zero-order valence-electron chi connectivity index (χ0n) is 13.9. The largest absolute Gasteiger partial charge is 0.481 e. The van der Waals surface area contributed by atoms with Crippen LogP contribution in [-0.4, -0.2) is 47.4 Å². The van der Waals surface area contributed by atoms with Crippen LogP contribution in [0.25, 0.3) is 0 Å². The van der Waals surface area contributed by atoms with E-state index in [9.17, 15) is 14.4 Å². The third kappa shape index (κ3) is 11.1. The van der Waals surface area contributed by atoms with E-state index in [1.807, 2.05) is 0 Å². The summed E-state index contributed by atoms with van der Waals surface area (Å²) in [7, 11) is 0. The topological polar surface area (TPSA) is 86.7 Å². The summed E-state index contributed by atoms with van der Waals surface area (Å²) in [6.07, 6.45) is 5.07. The molecule has 6 nitrogen and oxygen atoms in total. The first-order valence-corrected chi connectivity index (χ1v) is 8.27. The van der Waals surface area contributed by atoms with Crippen LogP contribution < -0.4 is 5.32 Å². The molecule has 0 aliphatic rings. The number of carbonyl (C=O) groups excluding carboxylic acids is 2. The predicted octanol–water partition coefficient (Wildman–Crippen LogP) is 2.18. The monoisotopic (exact) mass is 314 g/mol. The van der Waals surface area contributed by atoms with Crippen molar-refractivity contribution in [2.45, 2.75) is 65.2 Å². The minimum atomic E-state index is -0.830. The summed E-state index contributed by atoms with van der Waals surface area (Å²) in [5.74, 6) is -1.23. The van der Waals surface area contributed by atoms with Crippen molar-refractivity contribution in [3.05, 3.63) is 0 Å². The van der Waals surface area contributed by atoms with Gasteiger partial charge in [-0.3, -0.25) is 14.4 Å². The van der Waals surface area contributed by atoms with Crippen LogP contribution in [-0.2, 0) is 14.4 Å². The van der Waals surface area contributed by atoms with Gasteiger partial charge in [0.15, 0.2) is 0 Å². The summed E-state index contributed by atoms with van der Waals surface area (Å²) in [6, 6.07) is 0. The van der Waals surface area contributed by atoms with Gasteiger partial charge in [0, 0.05) is 26.1 Å². The van der Waals surface area contributed by atoms with E-state index in [2.05, 4.69) is 19.2 Å². The summed E-state index contributed by atoms with van der Waals surface area (Å²) < 4.78 is 0. The van der Waals surface area contributed by atoms with Crippen LogP contribution in [0.1, 0.15) is 65.2 Å². The SMILES string of the molecule is CCCCN(CCCC)C(=O)CC(=O)NCCCCC(=O)O. The van der Waals surface area contributed by atoms with Crippen LogP contribution in [0.2, 0.25) is 0 Å². The van der Waals surface area contributed by atoms with Crippen LogP contribution in [0, 0.1) is 0 Å². The molecule has 0 aromatic heterocycles. The molecule has 128 valence electrons. The minimum Gasteiger partial charge on any atom is -0.481 e. The number of carbonyl (C=O) groups is 3. The van der Waals surface area contributed by atoms with Gasteiger partial charge < -0.3 is 15.3 Å². The normalized spacial score (nSPS) is 10.3. The third-order valence-corrected chi connectivity index (χ3v) is 3.37. The molecular formula is C16H30N2O4. The highest BCUT2D eigenvalue weighted by molar-refractivity contribution is 5.96. The van der Waals surface area contributed by atoms with Gasteiger partial charge >= 0.3 is 5.97 Å². The average Bonchev–Trinajstić information content (AvgIpc) is 2.46. The number of hydrogen-bond acceptors (Lipinski definition) is 3. The van der Waals surface area contributed by atoms with Crippen LogP contribution in [0.3, 0.4) is 0 Å². The van der Waals surface area contributed by atoms with E-state index in [1.165, 1.54) is 0 Å². The van der Waals surface area contributed by atoms with E-state index in [0.29, 0.717) is 32.5 Å². The molecule has 0 aromatic carbocycles. The lowest BCUT2D eigenvalue weighted by Gasteiger charge is -2.22. The second kappa shape index (κ2) is 13.1. The van der Waals surface area contributed by atoms with E-state index < -0.39 is 5.97 Å². The Bertz CT molecular complexity index is 337. The Morgan fingerprint density at radius 2 is 1.55 bits per heavy atom. The van der Waals surface area contributed by atoms with E-state index in [1.54, 1.807) is 4.90 Å². The number of unbranched alkanes of at least 4 members (excludes halogenated alkanes) is 3. The first kappa shape index (κ1) is 20.4. The van der Waals surface area contributed by atoms with Crippen molar-refractivity contribution < 1.29 is 19.5 Å². The van der Waals surface area contributed by atoms with Gasteiger partial charge in [-0.15, -0.1) is 0 Å². The number of carboxylic acid groups (broad SMARTS) is 1. The van der Waals surface area contributed by atoms with Gasteiger partial charge in [0.1, 0.15) is 6.42 Å². The molecule has 0 heterocycles. The molecule has 0 bridgehead atoms. The Labute approximate surface area is 133 Å². The van der Waals surface area contributed by atoms with Gasteiger partial charge in [-0.2, -0.15) is 0 Å². The summed E-state index contributed by atoms with van der Waals surface area (Å²) in [5.41, 5.74) is 0. The van der Waals surface area contributed by atoms with Crippen molar-refractivity contribution in [2.24, 2.45) is 0 Å². The number of nitrogens with one attached hydrogen (secondary N) is 1. The number of carboxylic acids is 1. The summed E-state index contributed by atoms with van der Waals surface area (Å²) >= 11 is 0. The quantitative estimate of drug-likeness (QED) is 0.403. The number of aliphatic carboxylic acids is 1. The zero-order valence-corrected chi connectivity index (χ0v) is 13.9. The van der Waals surface area contributed by atoms with E-state index >= 15 is 0 Å². The summed E-state index contributed by atoms with van der Waals surface area (Å²) in [6.45, 7) is 5.99. The lowest BCUT2D eigenvalue weighted by atomic mass is 10.2. The Balaban J connectivity index is 4.01. The third-order valence-electron chi connectivity index (χ3n) is 3.37. The summed E-state index contributed by atoms with van der Waals surface area (Å²) in [5, 5.41) is 11.2. The predicted molar refractivity (Wildman–Crippen MR) is 85.5 cm³/mol. The molecule has 0 radical (unpaired) electrons. The Morgan fingerprint density at radius 1 is 0.955 bits per heavy atom. The second-order valence-electron chi connectivity index (χ2n) is 5.47. The number of nitrogens with zero attached hydrogens (tertiary/aromatic N) is 1. The maximum absolute atomic E-state index is 12.1. The highest BCUT2D eigenvalue weighted by Gasteiger charge is 2.16. The Morgan fingerprint density at radius 3 is 2.05 bits per heavy atom. The molecule has 0 rings (SSSR count). The molecule has 2 N–H and O–H groups in total. The molecule has 0 saturated carbocycles. The van der Waals surface area contributed by atoms with Gasteiger partial charge in [-0.1, -0.05) is 26.7 Å². The Kier molecular flexibility index (Phi) is 12.2. The lowest BCUT2D eigenvalue weighted by Crippen LogP contribution is -2.37. The van der Waals surface area contributed by atoms with Crippen molar-refractivity contribution in [3.63, 3.8) is 0 Å². The van der Waals surface area contributed by atoms with Crippen LogP contribution >= 0.6 is 0 Å². The standard InChI is InChI=1S/C16H30N2O4/c1-3-5-11-18(12-6-4-2)15(20)13-14(19)17-10-8-7-9-16(21)22/h3-13H2,1-2H3,(H,17,19)(H,21,22). The van der Waals surface area contributed by atoms with Gasteiger partial charge in [0.2, 0.25) is 11.8 Å². The van der Waals surface area contributed by atoms with Crippen LogP contribution in [0.15, 0.2) is 0 Å². The Hall–Kier alpha value is -1.59. The molecule has 6 heteroatoms. The fourth-order valence-electron chi connectivity index (χ4n) is 2.00. The second-order valence-corrected chi connectivity index (χ2v) is 5.47. The van der Waals surface area contributed by atoms with E-state index in [-0.39, 0.29) is 24.7 Å². The lowest BCUT2D eigenvalue weighted by molar-refractivity contribution is -0.137. The molecule has 0 atom stereocenters. The van der Waals surface area contributed by atoms with Gasteiger partial charge in [0.25, 0.3) is 0 Å². The van der Waals surface area contributed by atoms with Crippen molar-refractivity contribution in [1.29, 1.82) is 0 Å². The molecular weight excluding hydrogens is 284 g/mol. The minimum absolute atomic E-state index is 0.108. The van der Waals surface area contributed by atoms with Crippen LogP contribution in [0.4, 0.5) is 0 Å². The molecule has 0 unspecified atom stereocenters. The van der Waals surface area contributed by atoms with Gasteiger partial charge in [-0.25, -0.2) is 0 Å². The van der Waals surface area contributed by atoms with Gasteiger partial charge in [0.05, 0.1) is 0 Å². The fourth-order valence-corrected chi connectivity index (χ4v) is 2.00. The average molecular weight is 314 g/mol. The smallest absolute Gasteiger partial charge is 0.303 e. The molecule has 0 aromatic rings. The first-order chi connectivity index (χ1) is 10.5. The molecule has 22 heavy (non-hydrogen) atoms. The zero-order chi connectivity index (χ0) is 16.8. The molecule has 2 amide bonds. The highest BCUT2D eigenvalue weighted by Crippen LogP contribution is 2.02. The molecule has 0 aliphatic heterocycles. The highest BCUT2D eigenvalue weighted by atomic mass is 16.4. The first-order valence-electron chi connectivity index (χ1n) is 8.27. The molecule has 0 spiro atoms. The fraction of sp³-hybridized carbons (Fsp3) is 0.812. The number of amides is 2. The number of hydrogen-bond donors (Lipinski definition) is 2. The van der Waals surface area contributed by atoms with E-state index in [4.69, 9.17) is 5.11 Å². The van der Waals surface area contributed by atoms with Crippen LogP contribution in [0.5, 0.6) is 0 Å². The van der Waals surface area contributed by atoms with Crippen molar-refractivity contribution in [1.82, 2.24) is 10.2 Å². The van der Waals surface area contributed by atoms with Crippen molar-refractivity contribution in [2.75, 3.05) is 19.6 Å².